The minimum Gasteiger partial charge on any atom is -0.342 e. The van der Waals surface area contributed by atoms with E-state index in [0.717, 1.165) is 36.6 Å². The molecule has 2 aliphatic rings. The van der Waals surface area contributed by atoms with Crippen molar-refractivity contribution in [3.05, 3.63) is 47.5 Å². The number of amides is 1. The Kier molecular flexibility index (Phi) is 9.88. The zero-order valence-electron chi connectivity index (χ0n) is 21.1. The highest BCUT2D eigenvalue weighted by Gasteiger charge is 2.31. The summed E-state index contributed by atoms with van der Waals surface area (Å²) in [5, 5.41) is 0. The molecule has 1 amide bonds. The molecule has 3 rings (SSSR count). The van der Waals surface area contributed by atoms with E-state index in [1.807, 2.05) is 7.05 Å². The quantitative estimate of drug-likeness (QED) is 0.269. The van der Waals surface area contributed by atoms with Gasteiger partial charge in [0.2, 0.25) is 5.91 Å². The summed E-state index contributed by atoms with van der Waals surface area (Å²) in [7, 11) is 1.86. The highest BCUT2D eigenvalue weighted by molar-refractivity contribution is 5.91. The average molecular weight is 438 g/mol. The van der Waals surface area contributed by atoms with Crippen molar-refractivity contribution in [1.29, 1.82) is 0 Å². The van der Waals surface area contributed by atoms with Crippen molar-refractivity contribution in [2.45, 2.75) is 103 Å². The minimum absolute atomic E-state index is 0.0448. The number of likely N-dealkylation sites (N-methyl/N-ethyl adjacent to an activating group) is 1. The third kappa shape index (κ3) is 7.22. The second-order valence-corrected chi connectivity index (χ2v) is 10.9. The van der Waals surface area contributed by atoms with Gasteiger partial charge in [0, 0.05) is 19.2 Å². The van der Waals surface area contributed by atoms with Crippen LogP contribution in [0.4, 0.5) is 0 Å². The summed E-state index contributed by atoms with van der Waals surface area (Å²) in [5.74, 6) is 3.83. The first kappa shape index (κ1) is 25.1. The first-order chi connectivity index (χ1) is 15.5. The largest absolute Gasteiger partial charge is 0.342 e. The zero-order valence-corrected chi connectivity index (χ0v) is 21.1. The Morgan fingerprint density at radius 1 is 0.938 bits per heavy atom. The standard InChI is InChI=1S/C30H47NO/c1-5-6-7-8-24-9-13-26(14-10-24)28-17-19-29(20-18-28)27-15-11-25(12-16-27)21-22-31(4)30(32)23(2)3/h11-12,15-16,24,26,28-29H,2,5-10,13-14,17-22H2,1,3-4H3. The minimum atomic E-state index is 0.0448. The molecular formula is C30H47NO. The van der Waals surface area contributed by atoms with Gasteiger partial charge in [-0.2, -0.15) is 0 Å². The third-order valence-electron chi connectivity index (χ3n) is 8.44. The van der Waals surface area contributed by atoms with Crippen LogP contribution < -0.4 is 0 Å². The summed E-state index contributed by atoms with van der Waals surface area (Å²) in [4.78, 5) is 13.7. The van der Waals surface area contributed by atoms with Gasteiger partial charge in [0.15, 0.2) is 0 Å². The molecule has 2 fully saturated rings. The molecule has 178 valence electrons. The molecule has 1 aromatic rings. The molecule has 32 heavy (non-hydrogen) atoms. The maximum atomic E-state index is 12.0. The van der Waals surface area contributed by atoms with Crippen LogP contribution in [0.3, 0.4) is 0 Å². The maximum absolute atomic E-state index is 12.0. The average Bonchev–Trinajstić information content (AvgIpc) is 2.83. The molecule has 2 aliphatic carbocycles. The number of unbranched alkanes of at least 4 members (excludes halogenated alkanes) is 2. The molecule has 0 unspecified atom stereocenters. The van der Waals surface area contributed by atoms with E-state index in [1.54, 1.807) is 11.8 Å². The molecule has 2 saturated carbocycles. The van der Waals surface area contributed by atoms with Crippen LogP contribution in [-0.4, -0.2) is 24.4 Å². The van der Waals surface area contributed by atoms with Crippen LogP contribution in [0.2, 0.25) is 0 Å². The van der Waals surface area contributed by atoms with Crippen LogP contribution in [-0.2, 0) is 11.2 Å². The predicted molar refractivity (Wildman–Crippen MR) is 137 cm³/mol. The summed E-state index contributed by atoms with van der Waals surface area (Å²) in [6.45, 7) is 8.60. The van der Waals surface area contributed by atoms with E-state index in [9.17, 15) is 4.79 Å². The van der Waals surface area contributed by atoms with Crippen molar-refractivity contribution in [2.75, 3.05) is 13.6 Å². The summed E-state index contributed by atoms with van der Waals surface area (Å²) in [6, 6.07) is 9.26. The van der Waals surface area contributed by atoms with Crippen molar-refractivity contribution in [2.24, 2.45) is 17.8 Å². The monoisotopic (exact) mass is 437 g/mol. The normalized spacial score (nSPS) is 26.0. The smallest absolute Gasteiger partial charge is 0.248 e. The van der Waals surface area contributed by atoms with Gasteiger partial charge in [-0.15, -0.1) is 0 Å². The van der Waals surface area contributed by atoms with Gasteiger partial charge in [0.05, 0.1) is 0 Å². The van der Waals surface area contributed by atoms with Crippen molar-refractivity contribution in [1.82, 2.24) is 4.90 Å². The van der Waals surface area contributed by atoms with Crippen molar-refractivity contribution in [3.8, 4) is 0 Å². The van der Waals surface area contributed by atoms with Crippen LogP contribution in [0.1, 0.15) is 108 Å². The summed E-state index contributed by atoms with van der Waals surface area (Å²) < 4.78 is 0. The van der Waals surface area contributed by atoms with E-state index in [4.69, 9.17) is 0 Å². The number of rotatable bonds is 10. The molecule has 2 nitrogen and oxygen atoms in total. The molecule has 0 heterocycles. The van der Waals surface area contributed by atoms with E-state index < -0.39 is 0 Å². The highest BCUT2D eigenvalue weighted by atomic mass is 16.2. The molecule has 0 bridgehead atoms. The number of carbonyl (C=O) groups excluding carboxylic acids is 1. The molecule has 0 aromatic heterocycles. The van der Waals surface area contributed by atoms with E-state index in [2.05, 4.69) is 37.8 Å². The third-order valence-corrected chi connectivity index (χ3v) is 8.44. The van der Waals surface area contributed by atoms with Crippen molar-refractivity contribution < 1.29 is 4.79 Å². The van der Waals surface area contributed by atoms with Gasteiger partial charge in [-0.1, -0.05) is 76.3 Å². The Labute approximate surface area is 197 Å². The van der Waals surface area contributed by atoms with Crippen molar-refractivity contribution >= 4 is 5.91 Å². The van der Waals surface area contributed by atoms with Gasteiger partial charge >= 0.3 is 0 Å². The lowest BCUT2D eigenvalue weighted by molar-refractivity contribution is -0.125. The molecule has 0 aliphatic heterocycles. The zero-order chi connectivity index (χ0) is 22.9. The Morgan fingerprint density at radius 3 is 2.09 bits per heavy atom. The van der Waals surface area contributed by atoms with Crippen LogP contribution >= 0.6 is 0 Å². The van der Waals surface area contributed by atoms with E-state index in [0.29, 0.717) is 5.57 Å². The molecule has 0 radical (unpaired) electrons. The lowest BCUT2D eigenvalue weighted by Crippen LogP contribution is -2.29. The molecule has 0 atom stereocenters. The maximum Gasteiger partial charge on any atom is 0.248 e. The Morgan fingerprint density at radius 2 is 1.53 bits per heavy atom. The second kappa shape index (κ2) is 12.6. The van der Waals surface area contributed by atoms with E-state index >= 15 is 0 Å². The summed E-state index contributed by atoms with van der Waals surface area (Å²) >= 11 is 0. The molecule has 0 spiro atoms. The van der Waals surface area contributed by atoms with Gasteiger partial charge in [-0.05, 0) is 86.7 Å². The number of hydrogen-bond acceptors (Lipinski definition) is 1. The van der Waals surface area contributed by atoms with Gasteiger partial charge in [-0.3, -0.25) is 4.79 Å². The fraction of sp³-hybridized carbons (Fsp3) is 0.700. The SMILES string of the molecule is C=C(C)C(=O)N(C)CCc1ccc(C2CCC(C3CCC(CCCCC)CC3)CC2)cc1. The first-order valence-electron chi connectivity index (χ1n) is 13.5. The van der Waals surface area contributed by atoms with Gasteiger partial charge in [0.1, 0.15) is 0 Å². The molecule has 0 N–H and O–H groups in total. The summed E-state index contributed by atoms with van der Waals surface area (Å²) in [5.41, 5.74) is 3.45. The molecule has 1 aromatic carbocycles. The Hall–Kier alpha value is -1.57. The Balaban J connectivity index is 1.39. The van der Waals surface area contributed by atoms with Crippen LogP contribution in [0.15, 0.2) is 36.4 Å². The lowest BCUT2D eigenvalue weighted by Gasteiger charge is -2.38. The summed E-state index contributed by atoms with van der Waals surface area (Å²) in [6.07, 6.45) is 18.3. The lowest BCUT2D eigenvalue weighted by atomic mass is 9.68. The predicted octanol–water partition coefficient (Wildman–Crippen LogP) is 7.92. The van der Waals surface area contributed by atoms with Crippen LogP contribution in [0.5, 0.6) is 0 Å². The number of carbonyl (C=O) groups is 1. The number of benzene rings is 1. The topological polar surface area (TPSA) is 20.3 Å². The molecule has 0 saturated heterocycles. The fourth-order valence-corrected chi connectivity index (χ4v) is 6.24. The van der Waals surface area contributed by atoms with Gasteiger partial charge in [-0.25, -0.2) is 0 Å². The van der Waals surface area contributed by atoms with Crippen molar-refractivity contribution in [3.63, 3.8) is 0 Å². The first-order valence-corrected chi connectivity index (χ1v) is 13.5. The van der Waals surface area contributed by atoms with Gasteiger partial charge < -0.3 is 4.90 Å². The highest BCUT2D eigenvalue weighted by Crippen LogP contribution is 2.44. The van der Waals surface area contributed by atoms with E-state index in [-0.39, 0.29) is 5.91 Å². The molecular weight excluding hydrogens is 390 g/mol. The Bertz CT molecular complexity index is 705. The number of nitrogens with zero attached hydrogens (tertiary/aromatic N) is 1. The van der Waals surface area contributed by atoms with Crippen LogP contribution in [0.25, 0.3) is 0 Å². The second-order valence-electron chi connectivity index (χ2n) is 10.9. The molecule has 2 heteroatoms. The fourth-order valence-electron chi connectivity index (χ4n) is 6.24. The van der Waals surface area contributed by atoms with Gasteiger partial charge in [0.25, 0.3) is 0 Å². The van der Waals surface area contributed by atoms with Crippen LogP contribution in [0, 0.1) is 17.8 Å². The van der Waals surface area contributed by atoms with E-state index in [1.165, 1.54) is 88.2 Å². The number of hydrogen-bond donors (Lipinski definition) is 0.